The van der Waals surface area contributed by atoms with Crippen LogP contribution in [0.2, 0.25) is 0 Å². The second-order valence-electron chi connectivity index (χ2n) is 5.62. The molecule has 0 amide bonds. The normalized spacial score (nSPS) is 39.7. The molecule has 0 aromatic rings. The summed E-state index contributed by atoms with van der Waals surface area (Å²) in [6.45, 7) is 12.2. The highest BCUT2D eigenvalue weighted by Crippen LogP contribution is 2.49. The second kappa shape index (κ2) is 3.27. The Morgan fingerprint density at radius 3 is 2.31 bits per heavy atom. The second-order valence-corrected chi connectivity index (χ2v) is 5.62. The Hall–Kier alpha value is -0.0400. The zero-order valence-electron chi connectivity index (χ0n) is 9.46. The lowest BCUT2D eigenvalue weighted by Crippen LogP contribution is -2.38. The SMILES string of the molecule is CC(C)C1CC2CN(C(C)C)CC21. The third-order valence-corrected chi connectivity index (χ3v) is 4.23. The average molecular weight is 181 g/mol. The zero-order chi connectivity index (χ0) is 9.59. The summed E-state index contributed by atoms with van der Waals surface area (Å²) in [5.41, 5.74) is 0. The molecule has 2 fully saturated rings. The Morgan fingerprint density at radius 1 is 1.08 bits per heavy atom. The van der Waals surface area contributed by atoms with Crippen LogP contribution < -0.4 is 0 Å². The molecule has 1 heterocycles. The first-order valence-corrected chi connectivity index (χ1v) is 5.83. The van der Waals surface area contributed by atoms with Gasteiger partial charge in [0.1, 0.15) is 0 Å². The Kier molecular flexibility index (Phi) is 2.39. The van der Waals surface area contributed by atoms with Gasteiger partial charge >= 0.3 is 0 Å². The molecule has 0 radical (unpaired) electrons. The van der Waals surface area contributed by atoms with Crippen LogP contribution >= 0.6 is 0 Å². The molecule has 0 aromatic heterocycles. The molecule has 1 aliphatic carbocycles. The number of fused-ring (bicyclic) bond motifs is 1. The molecule has 3 unspecified atom stereocenters. The molecule has 13 heavy (non-hydrogen) atoms. The van der Waals surface area contributed by atoms with Gasteiger partial charge in [-0.15, -0.1) is 0 Å². The molecule has 2 aliphatic rings. The quantitative estimate of drug-likeness (QED) is 0.633. The first-order valence-electron chi connectivity index (χ1n) is 5.83. The van der Waals surface area contributed by atoms with Crippen molar-refractivity contribution in [3.05, 3.63) is 0 Å². The summed E-state index contributed by atoms with van der Waals surface area (Å²) in [5.74, 6) is 4.04. The van der Waals surface area contributed by atoms with Crippen molar-refractivity contribution in [2.24, 2.45) is 23.7 Å². The third-order valence-electron chi connectivity index (χ3n) is 4.23. The van der Waals surface area contributed by atoms with E-state index in [2.05, 4.69) is 32.6 Å². The van der Waals surface area contributed by atoms with E-state index in [9.17, 15) is 0 Å². The number of hydrogen-bond donors (Lipinski definition) is 0. The highest BCUT2D eigenvalue weighted by molar-refractivity contribution is 4.98. The van der Waals surface area contributed by atoms with Crippen molar-refractivity contribution in [2.45, 2.75) is 40.2 Å². The van der Waals surface area contributed by atoms with Crippen LogP contribution in [0.1, 0.15) is 34.1 Å². The van der Waals surface area contributed by atoms with Crippen LogP contribution in [-0.4, -0.2) is 24.0 Å². The minimum atomic E-state index is 0.762. The molecule has 1 saturated carbocycles. The van der Waals surface area contributed by atoms with E-state index in [0.29, 0.717) is 0 Å². The van der Waals surface area contributed by atoms with Crippen LogP contribution in [0.25, 0.3) is 0 Å². The van der Waals surface area contributed by atoms with Gasteiger partial charge in [0.15, 0.2) is 0 Å². The highest BCUT2D eigenvalue weighted by Gasteiger charge is 2.47. The van der Waals surface area contributed by atoms with Crippen LogP contribution in [0, 0.1) is 23.7 Å². The van der Waals surface area contributed by atoms with Crippen molar-refractivity contribution >= 4 is 0 Å². The molecule has 0 N–H and O–H groups in total. The van der Waals surface area contributed by atoms with E-state index in [0.717, 1.165) is 29.7 Å². The number of hydrogen-bond acceptors (Lipinski definition) is 1. The minimum Gasteiger partial charge on any atom is -0.300 e. The predicted octanol–water partition coefficient (Wildman–Crippen LogP) is 2.62. The lowest BCUT2D eigenvalue weighted by molar-refractivity contribution is 0.0773. The van der Waals surface area contributed by atoms with Crippen molar-refractivity contribution in [3.63, 3.8) is 0 Å². The van der Waals surface area contributed by atoms with Gasteiger partial charge in [-0.3, -0.25) is 0 Å². The van der Waals surface area contributed by atoms with Crippen molar-refractivity contribution in [2.75, 3.05) is 13.1 Å². The molecule has 76 valence electrons. The molecule has 1 nitrogen and oxygen atoms in total. The molecule has 2 rings (SSSR count). The van der Waals surface area contributed by atoms with Crippen LogP contribution in [0.15, 0.2) is 0 Å². The average Bonchev–Trinajstić information content (AvgIpc) is 2.28. The van der Waals surface area contributed by atoms with Gasteiger partial charge < -0.3 is 4.90 Å². The van der Waals surface area contributed by atoms with Gasteiger partial charge in [-0.1, -0.05) is 13.8 Å². The van der Waals surface area contributed by atoms with Gasteiger partial charge in [0.05, 0.1) is 0 Å². The number of nitrogens with zero attached hydrogens (tertiary/aromatic N) is 1. The van der Waals surface area contributed by atoms with E-state index in [1.165, 1.54) is 19.5 Å². The summed E-state index contributed by atoms with van der Waals surface area (Å²) in [6.07, 6.45) is 1.51. The molecular weight excluding hydrogens is 158 g/mol. The molecule has 0 spiro atoms. The Balaban J connectivity index is 1.91. The van der Waals surface area contributed by atoms with Gasteiger partial charge in [-0.05, 0) is 43.9 Å². The smallest absolute Gasteiger partial charge is 0.00388 e. The van der Waals surface area contributed by atoms with Crippen LogP contribution in [0.5, 0.6) is 0 Å². The minimum absolute atomic E-state index is 0.762. The molecule has 1 saturated heterocycles. The van der Waals surface area contributed by atoms with Crippen LogP contribution in [0.3, 0.4) is 0 Å². The maximum absolute atomic E-state index is 2.66. The summed E-state index contributed by atoms with van der Waals surface area (Å²) in [7, 11) is 0. The van der Waals surface area contributed by atoms with Crippen molar-refractivity contribution in [3.8, 4) is 0 Å². The summed E-state index contributed by atoms with van der Waals surface area (Å²) >= 11 is 0. The molecule has 1 aliphatic heterocycles. The number of rotatable bonds is 2. The summed E-state index contributed by atoms with van der Waals surface area (Å²) in [5, 5.41) is 0. The van der Waals surface area contributed by atoms with Crippen molar-refractivity contribution < 1.29 is 0 Å². The third kappa shape index (κ3) is 1.52. The Labute approximate surface area is 82.5 Å². The monoisotopic (exact) mass is 181 g/mol. The van der Waals surface area contributed by atoms with E-state index in [-0.39, 0.29) is 0 Å². The van der Waals surface area contributed by atoms with E-state index in [1.54, 1.807) is 0 Å². The van der Waals surface area contributed by atoms with E-state index in [4.69, 9.17) is 0 Å². The number of likely N-dealkylation sites (tertiary alicyclic amines) is 1. The zero-order valence-corrected chi connectivity index (χ0v) is 9.46. The van der Waals surface area contributed by atoms with Crippen LogP contribution in [-0.2, 0) is 0 Å². The first kappa shape index (κ1) is 9.51. The van der Waals surface area contributed by atoms with Gasteiger partial charge in [0.25, 0.3) is 0 Å². The van der Waals surface area contributed by atoms with Gasteiger partial charge in [-0.2, -0.15) is 0 Å². The van der Waals surface area contributed by atoms with E-state index >= 15 is 0 Å². The predicted molar refractivity (Wildman–Crippen MR) is 56.6 cm³/mol. The first-order chi connectivity index (χ1) is 6.09. The molecule has 0 bridgehead atoms. The van der Waals surface area contributed by atoms with Crippen molar-refractivity contribution in [1.29, 1.82) is 0 Å². The lowest BCUT2D eigenvalue weighted by Gasteiger charge is -2.42. The summed E-state index contributed by atoms with van der Waals surface area (Å²) < 4.78 is 0. The Bertz CT molecular complexity index is 180. The largest absolute Gasteiger partial charge is 0.300 e. The fraction of sp³-hybridized carbons (Fsp3) is 1.00. The molecular formula is C12H23N. The standard InChI is InChI=1S/C12H23N/c1-8(2)11-5-10-6-13(9(3)4)7-12(10)11/h8-12H,5-7H2,1-4H3. The summed E-state index contributed by atoms with van der Waals surface area (Å²) in [4.78, 5) is 2.66. The van der Waals surface area contributed by atoms with Crippen molar-refractivity contribution in [1.82, 2.24) is 4.90 Å². The molecule has 3 atom stereocenters. The topological polar surface area (TPSA) is 3.24 Å². The van der Waals surface area contributed by atoms with E-state index in [1.807, 2.05) is 0 Å². The van der Waals surface area contributed by atoms with Gasteiger partial charge in [0.2, 0.25) is 0 Å². The fourth-order valence-electron chi connectivity index (χ4n) is 3.18. The molecule has 0 aromatic carbocycles. The van der Waals surface area contributed by atoms with Crippen LogP contribution in [0.4, 0.5) is 0 Å². The van der Waals surface area contributed by atoms with Gasteiger partial charge in [-0.25, -0.2) is 0 Å². The summed E-state index contributed by atoms with van der Waals surface area (Å²) in [6, 6.07) is 0.762. The van der Waals surface area contributed by atoms with E-state index < -0.39 is 0 Å². The lowest BCUT2D eigenvalue weighted by atomic mass is 9.62. The Morgan fingerprint density at radius 2 is 1.77 bits per heavy atom. The maximum atomic E-state index is 2.66. The van der Waals surface area contributed by atoms with Gasteiger partial charge in [0, 0.05) is 19.1 Å². The highest BCUT2D eigenvalue weighted by atomic mass is 15.2. The fourth-order valence-corrected chi connectivity index (χ4v) is 3.18. The molecule has 1 heteroatoms. The maximum Gasteiger partial charge on any atom is 0.00388 e.